The third-order valence-electron chi connectivity index (χ3n) is 6.00. The lowest BCUT2D eigenvalue weighted by Gasteiger charge is -2.31. The van der Waals surface area contributed by atoms with Gasteiger partial charge in [0.1, 0.15) is 18.2 Å². The van der Waals surface area contributed by atoms with Gasteiger partial charge in [-0.1, -0.05) is 12.1 Å². The maximum Gasteiger partial charge on any atom is 0.158 e. The normalized spacial score (nSPS) is 19.6. The highest BCUT2D eigenvalue weighted by molar-refractivity contribution is 5.28. The van der Waals surface area contributed by atoms with Crippen molar-refractivity contribution >= 4 is 0 Å². The van der Waals surface area contributed by atoms with Crippen molar-refractivity contribution in [3.05, 3.63) is 41.5 Å². The van der Waals surface area contributed by atoms with Crippen LogP contribution in [-0.4, -0.2) is 44.0 Å². The molecule has 2 heterocycles. The van der Waals surface area contributed by atoms with Crippen LogP contribution in [0, 0.1) is 0 Å². The minimum atomic E-state index is -0.0540. The molecule has 1 aromatic heterocycles. The van der Waals surface area contributed by atoms with Crippen LogP contribution >= 0.6 is 0 Å². The van der Waals surface area contributed by atoms with E-state index in [0.29, 0.717) is 17.8 Å². The van der Waals surface area contributed by atoms with Gasteiger partial charge >= 0.3 is 0 Å². The molecule has 2 aromatic rings. The van der Waals surface area contributed by atoms with E-state index in [1.807, 2.05) is 11.6 Å². The summed E-state index contributed by atoms with van der Waals surface area (Å²) in [5.41, 5.74) is 1.32. The third-order valence-corrected chi connectivity index (χ3v) is 6.00. The molecule has 1 N–H and O–H groups in total. The van der Waals surface area contributed by atoms with Crippen LogP contribution < -0.4 is 4.74 Å². The van der Waals surface area contributed by atoms with E-state index in [-0.39, 0.29) is 6.61 Å². The van der Waals surface area contributed by atoms with Gasteiger partial charge in [0, 0.05) is 19.5 Å². The summed E-state index contributed by atoms with van der Waals surface area (Å²) in [4.78, 5) is 2.51. The summed E-state index contributed by atoms with van der Waals surface area (Å²) in [7, 11) is 1.95. The third kappa shape index (κ3) is 4.33. The molecule has 0 spiro atoms. The van der Waals surface area contributed by atoms with Crippen LogP contribution in [0.1, 0.15) is 61.7 Å². The summed E-state index contributed by atoms with van der Waals surface area (Å²) in [6, 6.07) is 8.60. The van der Waals surface area contributed by atoms with E-state index in [0.717, 1.165) is 44.0 Å². The fraction of sp³-hybridized carbons (Fsp3) is 0.619. The average molecular weight is 370 g/mol. The first-order valence-corrected chi connectivity index (χ1v) is 10.2. The number of piperidine rings is 1. The molecule has 6 nitrogen and oxygen atoms in total. The van der Waals surface area contributed by atoms with Crippen molar-refractivity contribution in [1.29, 1.82) is 0 Å². The van der Waals surface area contributed by atoms with Gasteiger partial charge < -0.3 is 14.4 Å². The van der Waals surface area contributed by atoms with Crippen LogP contribution in [0.3, 0.4) is 0 Å². The van der Waals surface area contributed by atoms with Crippen LogP contribution in [-0.2, 0) is 20.2 Å². The molecular formula is C21H30N4O2. The molecule has 0 unspecified atom stereocenters. The highest BCUT2D eigenvalue weighted by atomic mass is 16.5. The number of aliphatic hydroxyl groups is 1. The first-order chi connectivity index (χ1) is 13.2. The van der Waals surface area contributed by atoms with Crippen molar-refractivity contribution in [2.75, 3.05) is 13.1 Å². The Hall–Kier alpha value is -1.92. The quantitative estimate of drug-likeness (QED) is 0.847. The summed E-state index contributed by atoms with van der Waals surface area (Å²) >= 11 is 0. The highest BCUT2D eigenvalue weighted by Gasteiger charge is 2.25. The number of aliphatic hydroxyl groups excluding tert-OH is 1. The van der Waals surface area contributed by atoms with E-state index in [1.165, 1.54) is 31.2 Å². The fourth-order valence-corrected chi connectivity index (χ4v) is 4.39. The molecular weight excluding hydrogens is 340 g/mol. The van der Waals surface area contributed by atoms with Crippen molar-refractivity contribution in [2.24, 2.45) is 7.05 Å². The zero-order valence-electron chi connectivity index (χ0n) is 16.2. The Morgan fingerprint density at radius 2 is 1.89 bits per heavy atom. The van der Waals surface area contributed by atoms with Gasteiger partial charge in [0.2, 0.25) is 0 Å². The SMILES string of the molecule is Cn1c(CO)nnc1C1CCN(Cc2cccc(OC3CCCC3)c2)CC1. The van der Waals surface area contributed by atoms with E-state index >= 15 is 0 Å². The van der Waals surface area contributed by atoms with Gasteiger partial charge in [-0.05, 0) is 69.3 Å². The molecule has 0 amide bonds. The monoisotopic (exact) mass is 370 g/mol. The summed E-state index contributed by atoms with van der Waals surface area (Å²) in [5.74, 6) is 3.10. The fourth-order valence-electron chi connectivity index (χ4n) is 4.39. The molecule has 2 aliphatic rings. The standard InChI is InChI=1S/C21H30N4O2/c1-24-20(15-26)22-23-21(24)17-9-11-25(12-10-17)14-16-5-4-8-19(13-16)27-18-6-2-3-7-18/h4-5,8,13,17-18,26H,2-3,6-7,9-12,14-15H2,1H3. The maximum atomic E-state index is 9.31. The number of aromatic nitrogens is 3. The Labute approximate surface area is 161 Å². The van der Waals surface area contributed by atoms with E-state index in [4.69, 9.17) is 4.74 Å². The van der Waals surface area contributed by atoms with Gasteiger partial charge in [0.25, 0.3) is 0 Å². The van der Waals surface area contributed by atoms with Crippen molar-refractivity contribution in [1.82, 2.24) is 19.7 Å². The zero-order valence-corrected chi connectivity index (χ0v) is 16.2. The minimum Gasteiger partial charge on any atom is -0.490 e. The molecule has 6 heteroatoms. The van der Waals surface area contributed by atoms with Gasteiger partial charge in [0.15, 0.2) is 5.82 Å². The predicted molar refractivity (Wildman–Crippen MR) is 104 cm³/mol. The van der Waals surface area contributed by atoms with Gasteiger partial charge in [-0.3, -0.25) is 4.90 Å². The van der Waals surface area contributed by atoms with Crippen LogP contribution in [0.2, 0.25) is 0 Å². The summed E-state index contributed by atoms with van der Waals surface area (Å²) < 4.78 is 8.10. The maximum absolute atomic E-state index is 9.31. The number of hydrogen-bond donors (Lipinski definition) is 1. The second-order valence-corrected chi connectivity index (χ2v) is 7.91. The van der Waals surface area contributed by atoms with Gasteiger partial charge in [-0.2, -0.15) is 0 Å². The second kappa shape index (κ2) is 8.40. The smallest absolute Gasteiger partial charge is 0.158 e. The Morgan fingerprint density at radius 1 is 1.11 bits per heavy atom. The molecule has 0 bridgehead atoms. The molecule has 0 atom stereocenters. The van der Waals surface area contributed by atoms with E-state index in [9.17, 15) is 5.11 Å². The molecule has 2 fully saturated rings. The van der Waals surface area contributed by atoms with Crippen LogP contribution in [0.4, 0.5) is 0 Å². The van der Waals surface area contributed by atoms with E-state index in [2.05, 4.69) is 39.4 Å². The molecule has 27 heavy (non-hydrogen) atoms. The molecule has 1 aliphatic carbocycles. The lowest BCUT2D eigenvalue weighted by atomic mass is 9.95. The highest BCUT2D eigenvalue weighted by Crippen LogP contribution is 2.29. The topological polar surface area (TPSA) is 63.4 Å². The van der Waals surface area contributed by atoms with Crippen molar-refractivity contribution in [3.8, 4) is 5.75 Å². The Morgan fingerprint density at radius 3 is 2.59 bits per heavy atom. The van der Waals surface area contributed by atoms with Gasteiger partial charge in [-0.25, -0.2) is 0 Å². The number of likely N-dealkylation sites (tertiary alicyclic amines) is 1. The largest absolute Gasteiger partial charge is 0.490 e. The first-order valence-electron chi connectivity index (χ1n) is 10.2. The van der Waals surface area contributed by atoms with E-state index in [1.54, 1.807) is 0 Å². The van der Waals surface area contributed by atoms with Crippen molar-refractivity contribution in [3.63, 3.8) is 0 Å². The Bertz CT molecular complexity index is 746. The number of hydrogen-bond acceptors (Lipinski definition) is 5. The second-order valence-electron chi connectivity index (χ2n) is 7.91. The minimum absolute atomic E-state index is 0.0540. The molecule has 0 radical (unpaired) electrons. The molecule has 1 aliphatic heterocycles. The van der Waals surface area contributed by atoms with Gasteiger partial charge in [-0.15, -0.1) is 10.2 Å². The van der Waals surface area contributed by atoms with Crippen molar-refractivity contribution < 1.29 is 9.84 Å². The Kier molecular flexibility index (Phi) is 5.74. The summed E-state index contributed by atoms with van der Waals surface area (Å²) in [6.07, 6.45) is 7.54. The molecule has 146 valence electrons. The van der Waals surface area contributed by atoms with Crippen LogP contribution in [0.5, 0.6) is 5.75 Å². The number of ether oxygens (including phenoxy) is 1. The predicted octanol–water partition coefficient (Wildman–Crippen LogP) is 3.01. The summed E-state index contributed by atoms with van der Waals surface area (Å²) in [5, 5.41) is 17.7. The number of nitrogens with zero attached hydrogens (tertiary/aromatic N) is 4. The summed E-state index contributed by atoms with van der Waals surface area (Å²) in [6.45, 7) is 3.02. The zero-order chi connectivity index (χ0) is 18.6. The van der Waals surface area contributed by atoms with E-state index < -0.39 is 0 Å². The Balaban J connectivity index is 1.31. The van der Waals surface area contributed by atoms with Crippen molar-refractivity contribution in [2.45, 2.75) is 63.7 Å². The molecule has 1 aromatic carbocycles. The van der Waals surface area contributed by atoms with Gasteiger partial charge in [0.05, 0.1) is 6.10 Å². The number of benzene rings is 1. The lowest BCUT2D eigenvalue weighted by molar-refractivity contribution is 0.197. The molecule has 1 saturated carbocycles. The average Bonchev–Trinajstić information content (AvgIpc) is 3.32. The van der Waals surface area contributed by atoms with Crippen LogP contribution in [0.15, 0.2) is 24.3 Å². The molecule has 1 saturated heterocycles. The van der Waals surface area contributed by atoms with Crippen LogP contribution in [0.25, 0.3) is 0 Å². The molecule has 4 rings (SSSR count). The first kappa shape index (κ1) is 18.4. The lowest BCUT2D eigenvalue weighted by Crippen LogP contribution is -2.33. The number of rotatable bonds is 6.